The van der Waals surface area contributed by atoms with Crippen LogP contribution in [-0.2, 0) is 27.3 Å². The van der Waals surface area contributed by atoms with E-state index in [0.717, 1.165) is 46.1 Å². The number of fused-ring (bicyclic) bond motifs is 1. The lowest BCUT2D eigenvalue weighted by molar-refractivity contribution is -0.141. The summed E-state index contributed by atoms with van der Waals surface area (Å²) in [6.07, 6.45) is 2.54. The number of hydrogen-bond acceptors (Lipinski definition) is 5. The molecule has 0 spiro atoms. The van der Waals surface area contributed by atoms with Gasteiger partial charge in [-0.1, -0.05) is 71.4 Å². The molecule has 8 nitrogen and oxygen atoms in total. The molecule has 2 heterocycles. The maximum absolute atomic E-state index is 14.1. The number of nitrogens with one attached hydrogen (secondary N) is 1. The van der Waals surface area contributed by atoms with Gasteiger partial charge < -0.3 is 15.0 Å². The maximum Gasteiger partial charge on any atom is 0.247 e. The number of amides is 2. The summed E-state index contributed by atoms with van der Waals surface area (Å²) in [6, 6.07) is 22.8. The molecule has 0 bridgehead atoms. The Morgan fingerprint density at radius 3 is 2.69 bits per heavy atom. The third-order valence-corrected chi connectivity index (χ3v) is 7.32. The molecule has 1 aromatic heterocycles. The van der Waals surface area contributed by atoms with Gasteiger partial charge in [0.2, 0.25) is 11.8 Å². The molecule has 39 heavy (non-hydrogen) atoms. The standard InChI is InChI=1S/C31H35N5O3/c1-22-9-7-11-24(19-22)16-17-35(29(37)21-36-28-15-6-5-14-27(28)33-34-36)30(26-13-4-3-10-23(26)2)31(38)32-20-25-12-8-18-39-25/h3-7,9-11,13-15,19,25,30H,8,12,16-18,20-21H2,1-2H3,(H,32,38)/t25-,30+/m0/s1. The highest BCUT2D eigenvalue weighted by molar-refractivity contribution is 5.89. The number of carbonyl (C=O) groups is 2. The summed E-state index contributed by atoms with van der Waals surface area (Å²) in [4.78, 5) is 29.6. The molecule has 202 valence electrons. The molecule has 5 rings (SSSR count). The number of aromatic nitrogens is 3. The zero-order valence-electron chi connectivity index (χ0n) is 22.5. The molecule has 1 saturated heterocycles. The van der Waals surface area contributed by atoms with E-state index in [4.69, 9.17) is 4.74 Å². The molecule has 4 aromatic rings. The van der Waals surface area contributed by atoms with Gasteiger partial charge in [0, 0.05) is 19.7 Å². The lowest BCUT2D eigenvalue weighted by atomic mass is 9.98. The number of aryl methyl sites for hydroxylation is 2. The highest BCUT2D eigenvalue weighted by Gasteiger charge is 2.33. The zero-order valence-corrected chi connectivity index (χ0v) is 22.5. The van der Waals surface area contributed by atoms with E-state index in [-0.39, 0.29) is 24.5 Å². The number of ether oxygens (including phenoxy) is 1. The summed E-state index contributed by atoms with van der Waals surface area (Å²) in [5, 5.41) is 11.5. The first-order chi connectivity index (χ1) is 19.0. The van der Waals surface area contributed by atoms with Gasteiger partial charge in [0.1, 0.15) is 18.1 Å². The largest absolute Gasteiger partial charge is 0.376 e. The maximum atomic E-state index is 14.1. The van der Waals surface area contributed by atoms with Crippen molar-refractivity contribution >= 4 is 22.8 Å². The Labute approximate surface area is 229 Å². The molecule has 0 unspecified atom stereocenters. The molecular weight excluding hydrogens is 490 g/mol. The van der Waals surface area contributed by atoms with Crippen LogP contribution < -0.4 is 5.32 Å². The number of hydrogen-bond donors (Lipinski definition) is 1. The number of nitrogens with zero attached hydrogens (tertiary/aromatic N) is 4. The Morgan fingerprint density at radius 2 is 1.90 bits per heavy atom. The fourth-order valence-corrected chi connectivity index (χ4v) is 5.23. The lowest BCUT2D eigenvalue weighted by Crippen LogP contribution is -2.47. The average Bonchev–Trinajstić information content (AvgIpc) is 3.61. The van der Waals surface area contributed by atoms with Crippen molar-refractivity contribution in [3.63, 3.8) is 0 Å². The molecule has 0 saturated carbocycles. The van der Waals surface area contributed by atoms with Gasteiger partial charge >= 0.3 is 0 Å². The van der Waals surface area contributed by atoms with Gasteiger partial charge in [-0.15, -0.1) is 5.10 Å². The molecule has 8 heteroatoms. The predicted octanol–water partition coefficient (Wildman–Crippen LogP) is 4.16. The van der Waals surface area contributed by atoms with Crippen molar-refractivity contribution in [1.29, 1.82) is 0 Å². The van der Waals surface area contributed by atoms with Crippen LogP contribution in [0.1, 0.15) is 41.1 Å². The van der Waals surface area contributed by atoms with Crippen LogP contribution in [0.4, 0.5) is 0 Å². The topological polar surface area (TPSA) is 89.4 Å². The minimum atomic E-state index is -0.792. The molecule has 0 aliphatic carbocycles. The highest BCUT2D eigenvalue weighted by Crippen LogP contribution is 2.26. The Kier molecular flexibility index (Phi) is 8.32. The van der Waals surface area contributed by atoms with Gasteiger partial charge in [-0.05, 0) is 61.9 Å². The van der Waals surface area contributed by atoms with Crippen LogP contribution in [-0.4, -0.2) is 57.5 Å². The number of benzene rings is 3. The van der Waals surface area contributed by atoms with Crippen LogP contribution in [0.5, 0.6) is 0 Å². The Hall–Kier alpha value is -4.04. The van der Waals surface area contributed by atoms with Crippen LogP contribution in [0.15, 0.2) is 72.8 Å². The monoisotopic (exact) mass is 525 g/mol. The quantitative estimate of drug-likeness (QED) is 0.336. The van der Waals surface area contributed by atoms with E-state index in [1.54, 1.807) is 9.58 Å². The molecule has 3 aromatic carbocycles. The first kappa shape index (κ1) is 26.6. The van der Waals surface area contributed by atoms with E-state index in [1.165, 1.54) is 0 Å². The third-order valence-electron chi connectivity index (χ3n) is 7.32. The Bertz CT molecular complexity index is 1440. The van der Waals surface area contributed by atoms with Crippen molar-refractivity contribution in [2.75, 3.05) is 19.7 Å². The third kappa shape index (κ3) is 6.34. The van der Waals surface area contributed by atoms with Crippen molar-refractivity contribution in [3.8, 4) is 0 Å². The van der Waals surface area contributed by atoms with E-state index < -0.39 is 6.04 Å². The number of carbonyl (C=O) groups excluding carboxylic acids is 2. The minimum absolute atomic E-state index is 0.00410. The SMILES string of the molecule is Cc1cccc(CCN(C(=O)Cn2nnc3ccccc32)[C@@H](C(=O)NC[C@@H]2CCCO2)c2ccccc2C)c1. The molecule has 2 atom stereocenters. The highest BCUT2D eigenvalue weighted by atomic mass is 16.5. The molecule has 2 amide bonds. The molecular formula is C31H35N5O3. The average molecular weight is 526 g/mol. The Balaban J connectivity index is 1.47. The van der Waals surface area contributed by atoms with E-state index in [0.29, 0.717) is 26.1 Å². The summed E-state index contributed by atoms with van der Waals surface area (Å²) >= 11 is 0. The summed E-state index contributed by atoms with van der Waals surface area (Å²) in [5.74, 6) is -0.403. The van der Waals surface area contributed by atoms with Crippen LogP contribution in [0, 0.1) is 13.8 Å². The summed E-state index contributed by atoms with van der Waals surface area (Å²) in [5.41, 5.74) is 5.53. The second-order valence-electron chi connectivity index (χ2n) is 10.2. The van der Waals surface area contributed by atoms with Gasteiger partial charge in [-0.2, -0.15) is 0 Å². The second-order valence-corrected chi connectivity index (χ2v) is 10.2. The normalized spacial score (nSPS) is 15.8. The van der Waals surface area contributed by atoms with Crippen LogP contribution in [0.2, 0.25) is 0 Å². The first-order valence-electron chi connectivity index (χ1n) is 13.6. The number of rotatable bonds is 10. The number of para-hydroxylation sites is 1. The van der Waals surface area contributed by atoms with Crippen molar-refractivity contribution in [2.45, 2.75) is 51.8 Å². The Morgan fingerprint density at radius 1 is 1.08 bits per heavy atom. The van der Waals surface area contributed by atoms with E-state index in [1.807, 2.05) is 61.5 Å². The first-order valence-corrected chi connectivity index (χ1v) is 13.6. The van der Waals surface area contributed by atoms with Gasteiger partial charge in [0.05, 0.1) is 11.6 Å². The van der Waals surface area contributed by atoms with Crippen molar-refractivity contribution in [3.05, 3.63) is 95.1 Å². The van der Waals surface area contributed by atoms with E-state index in [9.17, 15) is 9.59 Å². The summed E-state index contributed by atoms with van der Waals surface area (Å²) in [6.45, 7) is 5.53. The van der Waals surface area contributed by atoms with Crippen LogP contribution >= 0.6 is 0 Å². The van der Waals surface area contributed by atoms with Crippen molar-refractivity contribution < 1.29 is 14.3 Å². The van der Waals surface area contributed by atoms with E-state index >= 15 is 0 Å². The predicted molar refractivity (Wildman–Crippen MR) is 150 cm³/mol. The fraction of sp³-hybridized carbons (Fsp3) is 0.355. The smallest absolute Gasteiger partial charge is 0.247 e. The van der Waals surface area contributed by atoms with Crippen LogP contribution in [0.3, 0.4) is 0 Å². The lowest BCUT2D eigenvalue weighted by Gasteiger charge is -2.32. The second kappa shape index (κ2) is 12.2. The fourth-order valence-electron chi connectivity index (χ4n) is 5.23. The van der Waals surface area contributed by atoms with Crippen LogP contribution in [0.25, 0.3) is 11.0 Å². The van der Waals surface area contributed by atoms with Gasteiger partial charge in [0.15, 0.2) is 0 Å². The van der Waals surface area contributed by atoms with Gasteiger partial charge in [-0.25, -0.2) is 4.68 Å². The summed E-state index contributed by atoms with van der Waals surface area (Å²) in [7, 11) is 0. The van der Waals surface area contributed by atoms with E-state index in [2.05, 4.69) is 40.8 Å². The van der Waals surface area contributed by atoms with Gasteiger partial charge in [0.25, 0.3) is 0 Å². The molecule has 1 aliphatic heterocycles. The molecule has 1 fully saturated rings. The molecule has 1 N–H and O–H groups in total. The van der Waals surface area contributed by atoms with Crippen molar-refractivity contribution in [1.82, 2.24) is 25.2 Å². The van der Waals surface area contributed by atoms with Gasteiger partial charge in [-0.3, -0.25) is 9.59 Å². The summed E-state index contributed by atoms with van der Waals surface area (Å²) < 4.78 is 7.34. The minimum Gasteiger partial charge on any atom is -0.376 e. The molecule has 1 aliphatic rings. The van der Waals surface area contributed by atoms with Crippen molar-refractivity contribution in [2.24, 2.45) is 0 Å². The molecule has 0 radical (unpaired) electrons. The zero-order chi connectivity index (χ0) is 27.2.